The molecule has 0 unspecified atom stereocenters. The Hall–Kier alpha value is -3.85. The van der Waals surface area contributed by atoms with Crippen LogP contribution < -0.4 is 19.1 Å². The Labute approximate surface area is 205 Å². The number of carbonyl (C=O) groups is 1. The molecular weight excluding hydrogens is 468 g/mol. The minimum atomic E-state index is -4.08. The van der Waals surface area contributed by atoms with Crippen molar-refractivity contribution in [3.05, 3.63) is 83.9 Å². The van der Waals surface area contributed by atoms with Gasteiger partial charge in [0.05, 0.1) is 26.4 Å². The Morgan fingerprint density at radius 1 is 1.00 bits per heavy atom. The second-order valence-corrected chi connectivity index (χ2v) is 9.12. The Balaban J connectivity index is 1.63. The Morgan fingerprint density at radius 3 is 2.51 bits per heavy atom. The van der Waals surface area contributed by atoms with Gasteiger partial charge in [-0.2, -0.15) is 13.5 Å². The van der Waals surface area contributed by atoms with Crippen molar-refractivity contribution in [2.24, 2.45) is 5.10 Å². The highest BCUT2D eigenvalue weighted by molar-refractivity contribution is 7.87. The number of nitrogens with zero attached hydrogens (tertiary/aromatic N) is 1. The number of unbranched alkanes of at least 4 members (excludes halogenated alkanes) is 1. The fourth-order valence-electron chi connectivity index (χ4n) is 3.05. The monoisotopic (exact) mass is 496 g/mol. The molecule has 8 nitrogen and oxygen atoms in total. The number of benzene rings is 3. The molecule has 0 bridgehead atoms. The zero-order chi connectivity index (χ0) is 25.1. The molecule has 0 radical (unpaired) electrons. The zero-order valence-electron chi connectivity index (χ0n) is 19.6. The first-order valence-electron chi connectivity index (χ1n) is 11.1. The lowest BCUT2D eigenvalue weighted by Crippen LogP contribution is -2.20. The van der Waals surface area contributed by atoms with Gasteiger partial charge in [-0.25, -0.2) is 5.43 Å². The first-order chi connectivity index (χ1) is 16.9. The van der Waals surface area contributed by atoms with E-state index in [4.69, 9.17) is 13.7 Å². The van der Waals surface area contributed by atoms with Crippen LogP contribution in [0.15, 0.2) is 82.8 Å². The van der Waals surface area contributed by atoms with Gasteiger partial charge in [0, 0.05) is 5.56 Å². The van der Waals surface area contributed by atoms with Crippen LogP contribution in [0.3, 0.4) is 0 Å². The predicted octanol–water partition coefficient (Wildman–Crippen LogP) is 4.33. The van der Waals surface area contributed by atoms with E-state index in [0.29, 0.717) is 23.7 Å². The maximum atomic E-state index is 12.8. The van der Waals surface area contributed by atoms with E-state index >= 15 is 0 Å². The van der Waals surface area contributed by atoms with Crippen molar-refractivity contribution >= 4 is 22.2 Å². The molecule has 0 spiro atoms. The van der Waals surface area contributed by atoms with Gasteiger partial charge >= 0.3 is 10.1 Å². The largest absolute Gasteiger partial charge is 0.497 e. The van der Waals surface area contributed by atoms with Crippen LogP contribution in [0.2, 0.25) is 0 Å². The second-order valence-electron chi connectivity index (χ2n) is 7.57. The van der Waals surface area contributed by atoms with E-state index in [1.807, 2.05) is 6.07 Å². The number of hydrogen-bond donors (Lipinski definition) is 1. The van der Waals surface area contributed by atoms with Crippen molar-refractivity contribution in [3.8, 4) is 17.2 Å². The summed E-state index contributed by atoms with van der Waals surface area (Å²) >= 11 is 0. The summed E-state index contributed by atoms with van der Waals surface area (Å²) in [6.07, 6.45) is 3.37. The number of nitrogens with one attached hydrogen (secondary N) is 1. The van der Waals surface area contributed by atoms with Gasteiger partial charge < -0.3 is 13.7 Å². The lowest BCUT2D eigenvalue weighted by Gasteiger charge is -2.10. The number of ether oxygens (including phenoxy) is 2. The van der Waals surface area contributed by atoms with Crippen molar-refractivity contribution in [2.45, 2.75) is 31.1 Å². The van der Waals surface area contributed by atoms with Crippen LogP contribution in [0, 0.1) is 0 Å². The number of carbonyl (C=O) groups excluding carboxylic acids is 1. The van der Waals surface area contributed by atoms with Gasteiger partial charge in [-0.1, -0.05) is 37.6 Å². The lowest BCUT2D eigenvalue weighted by atomic mass is 10.1. The first-order valence-corrected chi connectivity index (χ1v) is 12.5. The number of amides is 1. The Morgan fingerprint density at radius 2 is 1.77 bits per heavy atom. The SMILES string of the molecule is CCCCOc1ccc(S(=O)(=O)Oc2ccccc2C=NNC(=O)Cc2cccc(OC)c2)cc1. The summed E-state index contributed by atoms with van der Waals surface area (Å²) in [4.78, 5) is 12.2. The van der Waals surface area contributed by atoms with Crippen LogP contribution in [0.1, 0.15) is 30.9 Å². The fraction of sp³-hybridized carbons (Fsp3) is 0.231. The third kappa shape index (κ3) is 7.86. The molecule has 3 rings (SSSR count). The van der Waals surface area contributed by atoms with E-state index in [2.05, 4.69) is 17.5 Å². The van der Waals surface area contributed by atoms with Gasteiger partial charge in [0.15, 0.2) is 5.75 Å². The number of hydrogen-bond acceptors (Lipinski definition) is 7. The number of hydrazone groups is 1. The van der Waals surface area contributed by atoms with E-state index in [9.17, 15) is 13.2 Å². The lowest BCUT2D eigenvalue weighted by molar-refractivity contribution is -0.120. The van der Waals surface area contributed by atoms with Crippen molar-refractivity contribution in [1.29, 1.82) is 0 Å². The molecular formula is C26H28N2O6S. The van der Waals surface area contributed by atoms with Crippen molar-refractivity contribution < 1.29 is 26.9 Å². The van der Waals surface area contributed by atoms with Gasteiger partial charge in [-0.05, 0) is 60.5 Å². The molecule has 184 valence electrons. The fourth-order valence-corrected chi connectivity index (χ4v) is 4.00. The number of methoxy groups -OCH3 is 1. The average Bonchev–Trinajstić information content (AvgIpc) is 2.85. The topological polar surface area (TPSA) is 103 Å². The smallest absolute Gasteiger partial charge is 0.339 e. The summed E-state index contributed by atoms with van der Waals surface area (Å²) < 4.78 is 41.6. The minimum Gasteiger partial charge on any atom is -0.497 e. The number of rotatable bonds is 12. The summed E-state index contributed by atoms with van der Waals surface area (Å²) in [7, 11) is -2.53. The highest BCUT2D eigenvalue weighted by Crippen LogP contribution is 2.23. The normalized spacial score (nSPS) is 11.3. The third-order valence-electron chi connectivity index (χ3n) is 4.89. The van der Waals surface area contributed by atoms with Crippen LogP contribution >= 0.6 is 0 Å². The molecule has 1 amide bonds. The molecule has 1 N–H and O–H groups in total. The number of para-hydroxylation sites is 1. The molecule has 3 aromatic carbocycles. The molecule has 0 heterocycles. The summed E-state index contributed by atoms with van der Waals surface area (Å²) in [6, 6.07) is 19.7. The molecule has 0 saturated carbocycles. The Kier molecular flexibility index (Phi) is 9.25. The molecule has 0 saturated heterocycles. The van der Waals surface area contributed by atoms with Gasteiger partial charge in [0.2, 0.25) is 5.91 Å². The third-order valence-corrected chi connectivity index (χ3v) is 6.14. The summed E-state index contributed by atoms with van der Waals surface area (Å²) in [5, 5.41) is 3.94. The molecule has 0 aliphatic carbocycles. The molecule has 3 aromatic rings. The van der Waals surface area contributed by atoms with Crippen molar-refractivity contribution in [3.63, 3.8) is 0 Å². The molecule has 0 aromatic heterocycles. The summed E-state index contributed by atoms with van der Waals surface area (Å²) in [5.41, 5.74) is 3.60. The van der Waals surface area contributed by atoms with Crippen LogP contribution in [0.5, 0.6) is 17.2 Å². The molecule has 0 aliphatic rings. The van der Waals surface area contributed by atoms with Gasteiger partial charge in [0.1, 0.15) is 16.4 Å². The molecule has 0 fully saturated rings. The molecule has 0 atom stereocenters. The average molecular weight is 497 g/mol. The van der Waals surface area contributed by atoms with Gasteiger partial charge in [-0.15, -0.1) is 0 Å². The quantitative estimate of drug-likeness (QED) is 0.173. The highest BCUT2D eigenvalue weighted by atomic mass is 32.2. The van der Waals surface area contributed by atoms with E-state index in [-0.39, 0.29) is 23.0 Å². The van der Waals surface area contributed by atoms with E-state index in [1.54, 1.807) is 55.6 Å². The molecule has 0 aliphatic heterocycles. The van der Waals surface area contributed by atoms with Crippen LogP contribution in [0.25, 0.3) is 0 Å². The first kappa shape index (κ1) is 25.8. The van der Waals surface area contributed by atoms with Gasteiger partial charge in [0.25, 0.3) is 0 Å². The van der Waals surface area contributed by atoms with Gasteiger partial charge in [-0.3, -0.25) is 4.79 Å². The standard InChI is InChI=1S/C26H28N2O6S/c1-3-4-16-33-22-12-14-24(15-13-22)35(30,31)34-25-11-6-5-9-21(25)19-27-28-26(29)18-20-8-7-10-23(17-20)32-2/h5-15,17,19H,3-4,16,18H2,1-2H3,(H,28,29). The van der Waals surface area contributed by atoms with E-state index in [0.717, 1.165) is 18.4 Å². The van der Waals surface area contributed by atoms with Crippen LogP contribution in [-0.2, 0) is 21.3 Å². The zero-order valence-corrected chi connectivity index (χ0v) is 20.5. The second kappa shape index (κ2) is 12.6. The minimum absolute atomic E-state index is 0.00123. The maximum absolute atomic E-state index is 12.8. The molecule has 9 heteroatoms. The predicted molar refractivity (Wildman–Crippen MR) is 134 cm³/mol. The highest BCUT2D eigenvalue weighted by Gasteiger charge is 2.18. The van der Waals surface area contributed by atoms with Crippen LogP contribution in [-0.4, -0.2) is 34.3 Å². The van der Waals surface area contributed by atoms with E-state index < -0.39 is 10.1 Å². The van der Waals surface area contributed by atoms with Crippen molar-refractivity contribution in [2.75, 3.05) is 13.7 Å². The van der Waals surface area contributed by atoms with Crippen molar-refractivity contribution in [1.82, 2.24) is 5.43 Å². The van der Waals surface area contributed by atoms with E-state index in [1.165, 1.54) is 24.4 Å². The Bertz CT molecular complexity index is 1260. The maximum Gasteiger partial charge on any atom is 0.339 e. The van der Waals surface area contributed by atoms with Crippen LogP contribution in [0.4, 0.5) is 0 Å². The molecule has 35 heavy (non-hydrogen) atoms. The summed E-state index contributed by atoms with van der Waals surface area (Å²) in [6.45, 7) is 2.64. The summed E-state index contributed by atoms with van der Waals surface area (Å²) in [5.74, 6) is 1.00.